The molecule has 0 saturated carbocycles. The number of carbonyl (C=O) groups is 1. The minimum Gasteiger partial charge on any atom is -0.494 e. The molecule has 3 aromatic rings. The molecule has 1 N–H and O–H groups in total. The second-order valence-electron chi connectivity index (χ2n) is 6.19. The molecule has 28 heavy (non-hydrogen) atoms. The molecule has 0 radical (unpaired) electrons. The average molecular weight is 376 g/mol. The number of hydrogen-bond acceptors (Lipinski definition) is 4. The number of nitro benzene ring substituents is 1. The van der Waals surface area contributed by atoms with E-state index in [0.717, 1.165) is 12.8 Å². The van der Waals surface area contributed by atoms with Gasteiger partial charge in [0, 0.05) is 17.8 Å². The maximum Gasteiger partial charge on any atom is 0.282 e. The highest BCUT2D eigenvalue weighted by atomic mass is 16.6. The lowest BCUT2D eigenvalue weighted by Gasteiger charge is -2.09. The number of ether oxygens (including phenoxy) is 1. The number of hydrogen-bond donors (Lipinski definition) is 1. The summed E-state index contributed by atoms with van der Waals surface area (Å²) in [6.45, 7) is 0.552. The number of nitrogens with one attached hydrogen (secondary N) is 1. The molecule has 1 amide bonds. The van der Waals surface area contributed by atoms with Crippen molar-refractivity contribution < 1.29 is 14.5 Å². The third-order valence-corrected chi connectivity index (χ3v) is 4.16. The van der Waals surface area contributed by atoms with Crippen LogP contribution in [0.3, 0.4) is 0 Å². The fourth-order valence-corrected chi connectivity index (χ4v) is 2.80. The molecular weight excluding hydrogens is 356 g/mol. The minimum atomic E-state index is -0.568. The van der Waals surface area contributed by atoms with Crippen LogP contribution in [0, 0.1) is 10.1 Å². The topological polar surface area (TPSA) is 81.5 Å². The Hall–Kier alpha value is -3.67. The van der Waals surface area contributed by atoms with E-state index in [1.165, 1.54) is 23.8 Å². The van der Waals surface area contributed by atoms with Gasteiger partial charge >= 0.3 is 0 Å². The van der Waals surface area contributed by atoms with Gasteiger partial charge in [0.15, 0.2) is 0 Å². The summed E-state index contributed by atoms with van der Waals surface area (Å²) in [5.74, 6) is 0.0990. The van der Waals surface area contributed by atoms with Gasteiger partial charge in [-0.2, -0.15) is 0 Å². The number of anilines is 1. The van der Waals surface area contributed by atoms with E-state index in [-0.39, 0.29) is 11.3 Å². The van der Waals surface area contributed by atoms with E-state index in [9.17, 15) is 14.9 Å². The second kappa shape index (κ2) is 9.32. The maximum atomic E-state index is 12.4. The van der Waals surface area contributed by atoms with Crippen LogP contribution in [-0.4, -0.2) is 17.4 Å². The summed E-state index contributed by atoms with van der Waals surface area (Å²) >= 11 is 0. The van der Waals surface area contributed by atoms with Crippen LogP contribution in [0.15, 0.2) is 78.9 Å². The van der Waals surface area contributed by atoms with Crippen LogP contribution in [0.5, 0.6) is 5.75 Å². The molecule has 0 heterocycles. The van der Waals surface area contributed by atoms with Crippen LogP contribution in [0.2, 0.25) is 0 Å². The molecule has 0 spiro atoms. The van der Waals surface area contributed by atoms with E-state index < -0.39 is 10.8 Å². The number of rotatable bonds is 8. The predicted octanol–water partition coefficient (Wildman–Crippen LogP) is 4.86. The van der Waals surface area contributed by atoms with Crippen LogP contribution in [0.1, 0.15) is 22.3 Å². The van der Waals surface area contributed by atoms with Gasteiger partial charge in [0.1, 0.15) is 11.3 Å². The number of benzene rings is 3. The van der Waals surface area contributed by atoms with Gasteiger partial charge in [-0.3, -0.25) is 14.9 Å². The van der Waals surface area contributed by atoms with E-state index in [2.05, 4.69) is 17.4 Å². The lowest BCUT2D eigenvalue weighted by molar-refractivity contribution is -0.385. The smallest absolute Gasteiger partial charge is 0.282 e. The highest BCUT2D eigenvalue weighted by molar-refractivity contribution is 6.07. The molecule has 0 aromatic heterocycles. The molecule has 0 aliphatic carbocycles. The molecule has 0 atom stereocenters. The standard InChI is InChI=1S/C22H20N2O4/c25-22(20-13-4-5-14-21(20)24(26)27)23-18-11-6-12-19(16-18)28-15-7-10-17-8-2-1-3-9-17/h1-6,8-9,11-14,16H,7,10,15H2,(H,23,25). The summed E-state index contributed by atoms with van der Waals surface area (Å²) in [5.41, 5.74) is 1.57. The van der Waals surface area contributed by atoms with Crippen molar-refractivity contribution in [3.63, 3.8) is 0 Å². The lowest BCUT2D eigenvalue weighted by atomic mass is 10.1. The molecule has 6 nitrogen and oxygen atoms in total. The molecule has 0 unspecified atom stereocenters. The highest BCUT2D eigenvalue weighted by Gasteiger charge is 2.19. The molecule has 0 fully saturated rings. The molecule has 0 saturated heterocycles. The first-order valence-corrected chi connectivity index (χ1v) is 8.95. The summed E-state index contributed by atoms with van der Waals surface area (Å²) in [4.78, 5) is 22.9. The number of aryl methyl sites for hydroxylation is 1. The van der Waals surface area contributed by atoms with Crippen LogP contribution >= 0.6 is 0 Å². The first kappa shape index (κ1) is 19.1. The highest BCUT2D eigenvalue weighted by Crippen LogP contribution is 2.22. The van der Waals surface area contributed by atoms with Gasteiger partial charge < -0.3 is 10.1 Å². The minimum absolute atomic E-state index is 0.0154. The Bertz CT molecular complexity index is 958. The second-order valence-corrected chi connectivity index (χ2v) is 6.19. The van der Waals surface area contributed by atoms with Gasteiger partial charge in [-0.05, 0) is 36.6 Å². The van der Waals surface area contributed by atoms with E-state index >= 15 is 0 Å². The molecular formula is C22H20N2O4. The quantitative estimate of drug-likeness (QED) is 0.346. The Labute approximate surface area is 162 Å². The number of amides is 1. The zero-order valence-electron chi connectivity index (χ0n) is 15.2. The summed E-state index contributed by atoms with van der Waals surface area (Å²) < 4.78 is 5.76. The number of nitro groups is 1. The Balaban J connectivity index is 1.57. The summed E-state index contributed by atoms with van der Waals surface area (Å²) in [6, 6.07) is 23.0. The van der Waals surface area contributed by atoms with E-state index in [0.29, 0.717) is 18.0 Å². The van der Waals surface area contributed by atoms with Crippen LogP contribution in [0.25, 0.3) is 0 Å². The van der Waals surface area contributed by atoms with Crippen molar-refractivity contribution in [2.45, 2.75) is 12.8 Å². The van der Waals surface area contributed by atoms with E-state index in [1.54, 1.807) is 24.3 Å². The van der Waals surface area contributed by atoms with Crippen molar-refractivity contribution in [3.05, 3.63) is 100 Å². The molecule has 3 rings (SSSR count). The molecule has 0 aliphatic heterocycles. The van der Waals surface area contributed by atoms with Crippen molar-refractivity contribution in [2.75, 3.05) is 11.9 Å². The molecule has 142 valence electrons. The third-order valence-electron chi connectivity index (χ3n) is 4.16. The van der Waals surface area contributed by atoms with Crippen molar-refractivity contribution in [2.24, 2.45) is 0 Å². The zero-order chi connectivity index (χ0) is 19.8. The predicted molar refractivity (Wildman–Crippen MR) is 108 cm³/mol. The Morgan fingerprint density at radius 3 is 2.50 bits per heavy atom. The fourth-order valence-electron chi connectivity index (χ4n) is 2.80. The third kappa shape index (κ3) is 5.17. The normalized spacial score (nSPS) is 10.3. The summed E-state index contributed by atoms with van der Waals surface area (Å²) in [5, 5.41) is 13.8. The lowest BCUT2D eigenvalue weighted by Crippen LogP contribution is -2.14. The zero-order valence-corrected chi connectivity index (χ0v) is 15.2. The average Bonchev–Trinajstić information content (AvgIpc) is 2.72. The number of carbonyl (C=O) groups excluding carboxylic acids is 1. The van der Waals surface area contributed by atoms with Gasteiger partial charge in [0.25, 0.3) is 11.6 Å². The maximum absolute atomic E-state index is 12.4. The monoisotopic (exact) mass is 376 g/mol. The van der Waals surface area contributed by atoms with Gasteiger partial charge in [0.05, 0.1) is 11.5 Å². The van der Waals surface area contributed by atoms with E-state index in [4.69, 9.17) is 4.74 Å². The Kier molecular flexibility index (Phi) is 6.36. The number of para-hydroxylation sites is 1. The first-order valence-electron chi connectivity index (χ1n) is 8.95. The Morgan fingerprint density at radius 1 is 0.964 bits per heavy atom. The van der Waals surface area contributed by atoms with Crippen molar-refractivity contribution in [1.82, 2.24) is 0 Å². The SMILES string of the molecule is O=C(Nc1cccc(OCCCc2ccccc2)c1)c1ccccc1[N+](=O)[O-]. The first-order chi connectivity index (χ1) is 13.6. The van der Waals surface area contributed by atoms with Crippen molar-refractivity contribution in [1.29, 1.82) is 0 Å². The molecule has 3 aromatic carbocycles. The fraction of sp³-hybridized carbons (Fsp3) is 0.136. The summed E-state index contributed by atoms with van der Waals surface area (Å²) in [6.07, 6.45) is 1.80. The van der Waals surface area contributed by atoms with Gasteiger partial charge in [-0.1, -0.05) is 48.5 Å². The van der Waals surface area contributed by atoms with Crippen molar-refractivity contribution in [3.8, 4) is 5.75 Å². The van der Waals surface area contributed by atoms with Crippen LogP contribution < -0.4 is 10.1 Å². The van der Waals surface area contributed by atoms with Crippen LogP contribution in [0.4, 0.5) is 11.4 Å². The van der Waals surface area contributed by atoms with Gasteiger partial charge in [-0.15, -0.1) is 0 Å². The Morgan fingerprint density at radius 2 is 1.71 bits per heavy atom. The van der Waals surface area contributed by atoms with Crippen molar-refractivity contribution >= 4 is 17.3 Å². The van der Waals surface area contributed by atoms with Gasteiger partial charge in [-0.25, -0.2) is 0 Å². The van der Waals surface area contributed by atoms with E-state index in [1.807, 2.05) is 24.3 Å². The molecule has 0 bridgehead atoms. The summed E-state index contributed by atoms with van der Waals surface area (Å²) in [7, 11) is 0. The molecule has 6 heteroatoms. The number of nitrogens with zero attached hydrogens (tertiary/aromatic N) is 1. The van der Waals surface area contributed by atoms with Gasteiger partial charge in [0.2, 0.25) is 0 Å². The molecule has 0 aliphatic rings. The largest absolute Gasteiger partial charge is 0.494 e. The van der Waals surface area contributed by atoms with Crippen LogP contribution in [-0.2, 0) is 6.42 Å².